The number of hydrogen-bond donors (Lipinski definition) is 3. The van der Waals surface area contributed by atoms with E-state index in [1.807, 2.05) is 0 Å². The van der Waals surface area contributed by atoms with Gasteiger partial charge in [-0.1, -0.05) is 0 Å². The lowest BCUT2D eigenvalue weighted by Gasteiger charge is -2.04. The summed E-state index contributed by atoms with van der Waals surface area (Å²) >= 11 is 0. The summed E-state index contributed by atoms with van der Waals surface area (Å²) in [5.74, 6) is -0.132. The lowest BCUT2D eigenvalue weighted by Crippen LogP contribution is -2.31. The van der Waals surface area contributed by atoms with Crippen molar-refractivity contribution in [1.29, 1.82) is 0 Å². The molecule has 0 aliphatic carbocycles. The molecular weight excluding hydrogens is 294 g/mol. The molecule has 18 heavy (non-hydrogen) atoms. The molecule has 0 aromatic carbocycles. The number of methoxy groups -OCH3 is 1. The predicted octanol–water partition coefficient (Wildman–Crippen LogP) is -1.48. The van der Waals surface area contributed by atoms with Crippen molar-refractivity contribution in [2.75, 3.05) is 13.7 Å². The van der Waals surface area contributed by atoms with E-state index >= 15 is 0 Å². The highest BCUT2D eigenvalue weighted by molar-refractivity contribution is 7.94. The number of carbonyl (C=O) groups excluding carboxylic acids is 1. The molecule has 1 rings (SSSR count). The molecule has 0 spiro atoms. The quantitative estimate of drug-likeness (QED) is 0.415. The number of ether oxygens (including phenoxy) is 1. The molecule has 1 atom stereocenters. The molecule has 0 bridgehead atoms. The zero-order valence-electron chi connectivity index (χ0n) is 9.27. The third-order valence-corrected chi connectivity index (χ3v) is 3.09. The van der Waals surface area contributed by atoms with Gasteiger partial charge in [0.15, 0.2) is 0 Å². The van der Waals surface area contributed by atoms with Crippen molar-refractivity contribution in [2.45, 2.75) is 18.9 Å². The van der Waals surface area contributed by atoms with Crippen LogP contribution in [0.3, 0.4) is 0 Å². The summed E-state index contributed by atoms with van der Waals surface area (Å²) in [6.07, 6.45) is 2.01. The van der Waals surface area contributed by atoms with Crippen LogP contribution in [0.4, 0.5) is 0 Å². The number of esters is 1. The summed E-state index contributed by atoms with van der Waals surface area (Å²) in [4.78, 5) is 10.7. The zero-order valence-corrected chi connectivity index (χ0v) is 10.9. The van der Waals surface area contributed by atoms with E-state index in [-0.39, 0.29) is 12.0 Å². The van der Waals surface area contributed by atoms with Gasteiger partial charge in [-0.15, -0.1) is 3.63 Å². The summed E-state index contributed by atoms with van der Waals surface area (Å²) in [6, 6.07) is -0.0324. The van der Waals surface area contributed by atoms with Crippen molar-refractivity contribution in [3.63, 3.8) is 0 Å². The highest BCUT2D eigenvalue weighted by Gasteiger charge is 2.21. The summed E-state index contributed by atoms with van der Waals surface area (Å²) in [5.41, 5.74) is 0. The second kappa shape index (κ2) is 6.96. The van der Waals surface area contributed by atoms with Crippen LogP contribution in [0, 0.1) is 0 Å². The van der Waals surface area contributed by atoms with Gasteiger partial charge >= 0.3 is 26.8 Å². The third-order valence-electron chi connectivity index (χ3n) is 1.72. The van der Waals surface area contributed by atoms with E-state index in [2.05, 4.69) is 13.7 Å². The standard InChI is InChI=1S/C6H11NO2.H2O7S2/c1-9-6(8)5-3-2-4-7-5;1-8(2,3)7-9(4,5)6/h5,7H,2-4H2,1H3;(H,1,2,3)(H,4,5,6)/t5-;/m0./s1. The van der Waals surface area contributed by atoms with Crippen molar-refractivity contribution < 1.29 is 39.1 Å². The molecule has 0 aromatic heterocycles. The normalized spacial score (nSPS) is 19.8. The van der Waals surface area contributed by atoms with Gasteiger partial charge in [0, 0.05) is 0 Å². The molecular formula is C6H13NO9S2. The van der Waals surface area contributed by atoms with Gasteiger partial charge in [-0.2, -0.15) is 16.8 Å². The minimum atomic E-state index is -5.12. The van der Waals surface area contributed by atoms with Gasteiger partial charge in [0.05, 0.1) is 7.11 Å². The SMILES string of the molecule is COC(=O)[C@@H]1CCCN1.O=S(=O)(O)OS(=O)(=O)O. The minimum absolute atomic E-state index is 0.0324. The van der Waals surface area contributed by atoms with Gasteiger partial charge in [0.1, 0.15) is 6.04 Å². The van der Waals surface area contributed by atoms with Crippen LogP contribution in [0.15, 0.2) is 0 Å². The minimum Gasteiger partial charge on any atom is -0.468 e. The van der Waals surface area contributed by atoms with E-state index in [4.69, 9.17) is 9.11 Å². The largest absolute Gasteiger partial charge is 0.468 e. The summed E-state index contributed by atoms with van der Waals surface area (Å²) in [7, 11) is -8.82. The van der Waals surface area contributed by atoms with Crippen LogP contribution in [-0.4, -0.2) is 51.6 Å². The molecule has 1 aliphatic rings. The molecule has 1 heterocycles. The Kier molecular flexibility index (Phi) is 6.66. The fourth-order valence-electron chi connectivity index (χ4n) is 1.14. The fourth-order valence-corrected chi connectivity index (χ4v) is 2.01. The lowest BCUT2D eigenvalue weighted by molar-refractivity contribution is -0.142. The average Bonchev–Trinajstić information content (AvgIpc) is 2.64. The van der Waals surface area contributed by atoms with E-state index in [1.54, 1.807) is 0 Å². The Morgan fingerprint density at radius 3 is 1.94 bits per heavy atom. The smallest absolute Gasteiger partial charge is 0.413 e. The van der Waals surface area contributed by atoms with Crippen LogP contribution in [0.1, 0.15) is 12.8 Å². The summed E-state index contributed by atoms with van der Waals surface area (Å²) < 4.78 is 60.1. The molecule has 0 amide bonds. The second-order valence-corrected chi connectivity index (χ2v) is 5.35. The van der Waals surface area contributed by atoms with Gasteiger partial charge in [0.2, 0.25) is 0 Å². The van der Waals surface area contributed by atoms with Gasteiger partial charge in [-0.3, -0.25) is 13.9 Å². The van der Waals surface area contributed by atoms with Gasteiger partial charge < -0.3 is 10.1 Å². The first-order valence-electron chi connectivity index (χ1n) is 4.52. The van der Waals surface area contributed by atoms with Crippen molar-refractivity contribution in [3.8, 4) is 0 Å². The number of hydrogen-bond acceptors (Lipinski definition) is 8. The Hall–Kier alpha value is -0.790. The Labute approximate surface area is 104 Å². The molecule has 108 valence electrons. The van der Waals surface area contributed by atoms with Gasteiger partial charge in [-0.25, -0.2) is 0 Å². The fraction of sp³-hybridized carbons (Fsp3) is 0.833. The third kappa shape index (κ3) is 9.26. The molecule has 0 radical (unpaired) electrons. The van der Waals surface area contributed by atoms with Gasteiger partial charge in [-0.05, 0) is 19.4 Å². The van der Waals surface area contributed by atoms with Crippen molar-refractivity contribution in [3.05, 3.63) is 0 Å². The van der Waals surface area contributed by atoms with E-state index in [1.165, 1.54) is 7.11 Å². The van der Waals surface area contributed by atoms with E-state index in [0.29, 0.717) is 0 Å². The van der Waals surface area contributed by atoms with Crippen LogP contribution in [-0.2, 0) is 34.0 Å². The van der Waals surface area contributed by atoms with Crippen LogP contribution in [0.5, 0.6) is 0 Å². The monoisotopic (exact) mass is 307 g/mol. The number of carbonyl (C=O) groups is 1. The lowest BCUT2D eigenvalue weighted by atomic mass is 10.2. The van der Waals surface area contributed by atoms with Crippen LogP contribution < -0.4 is 5.32 Å². The molecule has 1 aliphatic heterocycles. The molecule has 3 N–H and O–H groups in total. The Balaban J connectivity index is 0.000000321. The maximum atomic E-state index is 10.7. The van der Waals surface area contributed by atoms with Crippen LogP contribution >= 0.6 is 0 Å². The maximum Gasteiger partial charge on any atom is 0.413 e. The Morgan fingerprint density at radius 1 is 1.22 bits per heavy atom. The van der Waals surface area contributed by atoms with E-state index in [0.717, 1.165) is 19.4 Å². The highest BCUT2D eigenvalue weighted by Crippen LogP contribution is 2.05. The summed E-state index contributed by atoms with van der Waals surface area (Å²) in [6.45, 7) is 0.944. The van der Waals surface area contributed by atoms with Crippen LogP contribution in [0.2, 0.25) is 0 Å². The topological polar surface area (TPSA) is 156 Å². The molecule has 12 heteroatoms. The predicted molar refractivity (Wildman–Crippen MR) is 57.2 cm³/mol. The molecule has 0 unspecified atom stereocenters. The summed E-state index contributed by atoms with van der Waals surface area (Å²) in [5, 5.41) is 3.03. The molecule has 1 saturated heterocycles. The maximum absolute atomic E-state index is 10.7. The highest BCUT2D eigenvalue weighted by atomic mass is 32.3. The van der Waals surface area contributed by atoms with Crippen molar-refractivity contribution in [1.82, 2.24) is 5.32 Å². The van der Waals surface area contributed by atoms with Gasteiger partial charge in [0.25, 0.3) is 0 Å². The van der Waals surface area contributed by atoms with E-state index < -0.39 is 20.8 Å². The Morgan fingerprint density at radius 2 is 1.72 bits per heavy atom. The van der Waals surface area contributed by atoms with Crippen molar-refractivity contribution in [2.24, 2.45) is 0 Å². The molecule has 0 aromatic rings. The first-order valence-corrected chi connectivity index (χ1v) is 7.25. The molecule has 10 nitrogen and oxygen atoms in total. The first-order chi connectivity index (χ1) is 8.05. The Bertz CT molecular complexity index is 431. The zero-order chi connectivity index (χ0) is 14.4. The van der Waals surface area contributed by atoms with E-state index in [9.17, 15) is 21.6 Å². The number of nitrogens with one attached hydrogen (secondary N) is 1. The van der Waals surface area contributed by atoms with Crippen LogP contribution in [0.25, 0.3) is 0 Å². The van der Waals surface area contributed by atoms with Crippen molar-refractivity contribution >= 4 is 26.8 Å². The average molecular weight is 307 g/mol. The molecule has 0 saturated carbocycles. The first kappa shape index (κ1) is 17.2. The second-order valence-electron chi connectivity index (χ2n) is 3.10. The number of rotatable bonds is 3. The molecule has 1 fully saturated rings.